The summed E-state index contributed by atoms with van der Waals surface area (Å²) in [5.41, 5.74) is 5.18. The third-order valence-corrected chi connectivity index (χ3v) is 2.77. The molecule has 4 N–H and O–H groups in total. The molecule has 1 fully saturated rings. The predicted octanol–water partition coefficient (Wildman–Crippen LogP) is 2.06. The number of nitrogens with two attached hydrogens (primary N) is 1. The Bertz CT molecular complexity index is 302. The van der Waals surface area contributed by atoms with Gasteiger partial charge in [-0.2, -0.15) is 0 Å². The first-order chi connectivity index (χ1) is 8.61. The van der Waals surface area contributed by atoms with Crippen molar-refractivity contribution in [2.75, 3.05) is 18.9 Å². The smallest absolute Gasteiger partial charge is 0.128 e. The molecule has 1 unspecified atom stereocenters. The van der Waals surface area contributed by atoms with Crippen LogP contribution in [-0.2, 0) is 0 Å². The summed E-state index contributed by atoms with van der Waals surface area (Å²) in [6.45, 7) is 1.47. The lowest BCUT2D eigenvalue weighted by Crippen LogP contribution is -2.34. The first-order valence-electron chi connectivity index (χ1n) is 6.17. The lowest BCUT2D eigenvalue weighted by Gasteiger charge is -2.22. The van der Waals surface area contributed by atoms with Gasteiger partial charge in [0.25, 0.3) is 0 Å². The number of halogens is 2. The molecule has 1 aromatic rings. The fourth-order valence-electron chi connectivity index (χ4n) is 1.90. The SMILES string of the molecule is Nc1cc(F)cc(F)c1.OCCC1CCCCN1. The van der Waals surface area contributed by atoms with Crippen molar-refractivity contribution in [1.82, 2.24) is 5.32 Å². The molecule has 0 aromatic heterocycles. The Labute approximate surface area is 106 Å². The second-order valence-electron chi connectivity index (χ2n) is 4.36. The quantitative estimate of drug-likeness (QED) is 0.712. The fourth-order valence-corrected chi connectivity index (χ4v) is 1.90. The number of benzene rings is 1. The number of nitrogens with one attached hydrogen (secondary N) is 1. The van der Waals surface area contributed by atoms with Crippen LogP contribution in [0.25, 0.3) is 0 Å². The monoisotopic (exact) mass is 258 g/mol. The Morgan fingerprint density at radius 2 is 1.89 bits per heavy atom. The molecule has 0 bridgehead atoms. The average Bonchev–Trinajstić information content (AvgIpc) is 2.29. The van der Waals surface area contributed by atoms with Crippen LogP contribution in [0.1, 0.15) is 25.7 Å². The molecule has 1 aliphatic rings. The minimum absolute atomic E-state index is 0.104. The third-order valence-electron chi connectivity index (χ3n) is 2.77. The van der Waals surface area contributed by atoms with E-state index < -0.39 is 11.6 Å². The summed E-state index contributed by atoms with van der Waals surface area (Å²) >= 11 is 0. The van der Waals surface area contributed by atoms with Crippen LogP contribution in [0.3, 0.4) is 0 Å². The number of aliphatic hydroxyl groups excluding tert-OH is 1. The highest BCUT2D eigenvalue weighted by Crippen LogP contribution is 2.09. The molecule has 0 saturated carbocycles. The van der Waals surface area contributed by atoms with E-state index in [1.807, 2.05) is 0 Å². The zero-order valence-electron chi connectivity index (χ0n) is 10.3. The lowest BCUT2D eigenvalue weighted by atomic mass is 10.0. The van der Waals surface area contributed by atoms with E-state index in [4.69, 9.17) is 10.8 Å². The van der Waals surface area contributed by atoms with Crippen LogP contribution in [0.15, 0.2) is 18.2 Å². The maximum Gasteiger partial charge on any atom is 0.128 e. The number of rotatable bonds is 2. The van der Waals surface area contributed by atoms with Crippen LogP contribution >= 0.6 is 0 Å². The molecular formula is C13H20F2N2O. The normalized spacial score (nSPS) is 18.9. The maximum absolute atomic E-state index is 12.1. The Hall–Kier alpha value is -1.20. The van der Waals surface area contributed by atoms with Crippen LogP contribution in [-0.4, -0.2) is 24.3 Å². The van der Waals surface area contributed by atoms with Gasteiger partial charge in [-0.3, -0.25) is 0 Å². The van der Waals surface area contributed by atoms with E-state index in [0.29, 0.717) is 12.6 Å². The predicted molar refractivity (Wildman–Crippen MR) is 68.1 cm³/mol. The standard InChI is InChI=1S/C7H15NO.C6H5F2N/c9-6-4-7-3-1-2-5-8-7;7-4-1-5(8)3-6(9)2-4/h7-9H,1-6H2;1-3H,9H2. The molecule has 102 valence electrons. The summed E-state index contributed by atoms with van der Waals surface area (Å²) in [5.74, 6) is -1.29. The molecule has 0 amide bonds. The molecule has 0 radical (unpaired) electrons. The van der Waals surface area contributed by atoms with Gasteiger partial charge < -0.3 is 16.2 Å². The van der Waals surface area contributed by atoms with Gasteiger partial charge in [-0.25, -0.2) is 8.78 Å². The Balaban J connectivity index is 0.000000180. The van der Waals surface area contributed by atoms with Gasteiger partial charge >= 0.3 is 0 Å². The summed E-state index contributed by atoms with van der Waals surface area (Å²) in [4.78, 5) is 0. The third kappa shape index (κ3) is 5.93. The second kappa shape index (κ2) is 8.00. The van der Waals surface area contributed by atoms with Crippen molar-refractivity contribution < 1.29 is 13.9 Å². The average molecular weight is 258 g/mol. The largest absolute Gasteiger partial charge is 0.399 e. The minimum Gasteiger partial charge on any atom is -0.399 e. The number of hydrogen-bond acceptors (Lipinski definition) is 3. The van der Waals surface area contributed by atoms with E-state index in [1.165, 1.54) is 19.3 Å². The number of anilines is 1. The second-order valence-corrected chi connectivity index (χ2v) is 4.36. The first kappa shape index (κ1) is 14.9. The first-order valence-corrected chi connectivity index (χ1v) is 6.17. The van der Waals surface area contributed by atoms with E-state index >= 15 is 0 Å². The topological polar surface area (TPSA) is 58.3 Å². The molecular weight excluding hydrogens is 238 g/mol. The van der Waals surface area contributed by atoms with Crippen LogP contribution in [0.2, 0.25) is 0 Å². The summed E-state index contributed by atoms with van der Waals surface area (Å²) in [6.07, 6.45) is 4.82. The molecule has 5 heteroatoms. The molecule has 0 spiro atoms. The molecule has 1 aromatic carbocycles. The Kier molecular flexibility index (Phi) is 6.60. The number of hydrogen-bond donors (Lipinski definition) is 3. The maximum atomic E-state index is 12.1. The van der Waals surface area contributed by atoms with Gasteiger partial charge in [0.1, 0.15) is 11.6 Å². The number of aliphatic hydroxyl groups is 1. The van der Waals surface area contributed by atoms with Gasteiger partial charge in [-0.15, -0.1) is 0 Å². The van der Waals surface area contributed by atoms with Crippen molar-refractivity contribution in [3.63, 3.8) is 0 Å². The van der Waals surface area contributed by atoms with Crippen molar-refractivity contribution in [3.05, 3.63) is 29.8 Å². The van der Waals surface area contributed by atoms with Crippen molar-refractivity contribution in [1.29, 1.82) is 0 Å². The highest BCUT2D eigenvalue weighted by molar-refractivity contribution is 5.37. The fraction of sp³-hybridized carbons (Fsp3) is 0.538. The van der Waals surface area contributed by atoms with Crippen molar-refractivity contribution in [2.45, 2.75) is 31.7 Å². The molecule has 3 nitrogen and oxygen atoms in total. The molecule has 1 saturated heterocycles. The molecule has 0 aliphatic carbocycles. The van der Waals surface area contributed by atoms with Gasteiger partial charge in [-0.1, -0.05) is 6.42 Å². The van der Waals surface area contributed by atoms with E-state index in [1.54, 1.807) is 0 Å². The van der Waals surface area contributed by atoms with E-state index in [9.17, 15) is 8.78 Å². The molecule has 2 rings (SSSR count). The van der Waals surface area contributed by atoms with Crippen LogP contribution < -0.4 is 11.1 Å². The van der Waals surface area contributed by atoms with Crippen molar-refractivity contribution >= 4 is 5.69 Å². The van der Waals surface area contributed by atoms with Crippen LogP contribution in [0.4, 0.5) is 14.5 Å². The highest BCUT2D eigenvalue weighted by atomic mass is 19.1. The zero-order valence-corrected chi connectivity index (χ0v) is 10.3. The van der Waals surface area contributed by atoms with Crippen molar-refractivity contribution in [3.8, 4) is 0 Å². The van der Waals surface area contributed by atoms with Gasteiger partial charge in [0, 0.05) is 24.4 Å². The van der Waals surface area contributed by atoms with E-state index in [2.05, 4.69) is 5.32 Å². The van der Waals surface area contributed by atoms with Gasteiger partial charge in [0.15, 0.2) is 0 Å². The minimum atomic E-state index is -0.646. The molecule has 1 aliphatic heterocycles. The highest BCUT2D eigenvalue weighted by Gasteiger charge is 2.10. The summed E-state index contributed by atoms with van der Waals surface area (Å²) < 4.78 is 24.2. The summed E-state index contributed by atoms with van der Waals surface area (Å²) in [7, 11) is 0. The zero-order chi connectivity index (χ0) is 13.4. The molecule has 18 heavy (non-hydrogen) atoms. The van der Waals surface area contributed by atoms with Gasteiger partial charge in [0.05, 0.1) is 0 Å². The molecule has 1 heterocycles. The Morgan fingerprint density at radius 3 is 2.33 bits per heavy atom. The van der Waals surface area contributed by atoms with Gasteiger partial charge in [0.2, 0.25) is 0 Å². The lowest BCUT2D eigenvalue weighted by molar-refractivity contribution is 0.250. The number of piperidine rings is 1. The van der Waals surface area contributed by atoms with Crippen LogP contribution in [0, 0.1) is 11.6 Å². The molecule has 1 atom stereocenters. The van der Waals surface area contributed by atoms with E-state index in [0.717, 1.165) is 31.2 Å². The summed E-state index contributed by atoms with van der Waals surface area (Å²) in [6, 6.07) is 3.49. The van der Waals surface area contributed by atoms with E-state index in [-0.39, 0.29) is 5.69 Å². The van der Waals surface area contributed by atoms with Gasteiger partial charge in [-0.05, 0) is 37.9 Å². The number of nitrogen functional groups attached to an aromatic ring is 1. The van der Waals surface area contributed by atoms with Crippen LogP contribution in [0.5, 0.6) is 0 Å². The Morgan fingerprint density at radius 1 is 1.22 bits per heavy atom. The van der Waals surface area contributed by atoms with Crippen molar-refractivity contribution in [2.24, 2.45) is 0 Å². The summed E-state index contributed by atoms with van der Waals surface area (Å²) in [5, 5.41) is 11.9.